The molecule has 1 aromatic carbocycles. The second kappa shape index (κ2) is 5.54. The zero-order valence-corrected chi connectivity index (χ0v) is 11.1. The molecule has 2 rings (SSSR count). The van der Waals surface area contributed by atoms with Crippen LogP contribution in [0.1, 0.15) is 38.7 Å². The summed E-state index contributed by atoms with van der Waals surface area (Å²) in [6.07, 6.45) is 1.18. The molecule has 0 amide bonds. The van der Waals surface area contributed by atoms with Gasteiger partial charge in [0.1, 0.15) is 5.75 Å². The third-order valence-electron chi connectivity index (χ3n) is 3.52. The van der Waals surface area contributed by atoms with Gasteiger partial charge >= 0.3 is 0 Å². The van der Waals surface area contributed by atoms with Crippen LogP contribution in [0.3, 0.4) is 0 Å². The van der Waals surface area contributed by atoms with Crippen LogP contribution in [-0.2, 0) is 0 Å². The minimum Gasteiger partial charge on any atom is -0.493 e. The number of fused-ring (bicyclic) bond motifs is 1. The molecule has 2 unspecified atom stereocenters. The molecule has 0 saturated carbocycles. The lowest BCUT2D eigenvalue weighted by Gasteiger charge is -2.27. The van der Waals surface area contributed by atoms with Crippen LogP contribution >= 0.6 is 0 Å². The van der Waals surface area contributed by atoms with Gasteiger partial charge in [0.25, 0.3) is 0 Å². The molecule has 0 fully saturated rings. The van der Waals surface area contributed by atoms with E-state index in [0.717, 1.165) is 18.9 Å². The fourth-order valence-corrected chi connectivity index (χ4v) is 2.64. The lowest BCUT2D eigenvalue weighted by Crippen LogP contribution is -2.40. The maximum atomic E-state index is 5.78. The maximum absolute atomic E-state index is 5.78. The number of ether oxygens (including phenoxy) is 1. The van der Waals surface area contributed by atoms with Crippen molar-refractivity contribution in [3.8, 4) is 5.75 Å². The number of benzene rings is 1. The Bertz CT molecular complexity index is 362. The van der Waals surface area contributed by atoms with Gasteiger partial charge in [-0.1, -0.05) is 39.0 Å². The summed E-state index contributed by atoms with van der Waals surface area (Å²) in [6.45, 7) is 8.69. The van der Waals surface area contributed by atoms with Crippen LogP contribution in [-0.4, -0.2) is 19.2 Å². The van der Waals surface area contributed by atoms with Gasteiger partial charge in [-0.3, -0.25) is 0 Å². The highest BCUT2D eigenvalue weighted by Gasteiger charge is 2.32. The van der Waals surface area contributed by atoms with Crippen molar-refractivity contribution in [2.75, 3.05) is 13.2 Å². The Hall–Kier alpha value is -1.02. The first-order chi connectivity index (χ1) is 8.24. The van der Waals surface area contributed by atoms with E-state index in [1.165, 1.54) is 12.0 Å². The van der Waals surface area contributed by atoms with Crippen LogP contribution < -0.4 is 10.1 Å². The number of hydrogen-bond donors (Lipinski definition) is 1. The molecule has 2 heteroatoms. The summed E-state index contributed by atoms with van der Waals surface area (Å²) in [4.78, 5) is 0. The number of para-hydroxylation sites is 1. The molecular weight excluding hydrogens is 210 g/mol. The largest absolute Gasteiger partial charge is 0.493 e. The Labute approximate surface area is 104 Å². The molecule has 0 aliphatic carbocycles. The average molecular weight is 233 g/mol. The zero-order valence-electron chi connectivity index (χ0n) is 11.1. The quantitative estimate of drug-likeness (QED) is 0.843. The van der Waals surface area contributed by atoms with Gasteiger partial charge in [-0.2, -0.15) is 0 Å². The molecule has 0 bridgehead atoms. The van der Waals surface area contributed by atoms with Gasteiger partial charge in [-0.25, -0.2) is 0 Å². The van der Waals surface area contributed by atoms with E-state index in [2.05, 4.69) is 44.3 Å². The molecule has 2 atom stereocenters. The van der Waals surface area contributed by atoms with Crippen LogP contribution in [0.4, 0.5) is 0 Å². The van der Waals surface area contributed by atoms with Crippen molar-refractivity contribution >= 4 is 0 Å². The summed E-state index contributed by atoms with van der Waals surface area (Å²) in [6, 6.07) is 8.95. The van der Waals surface area contributed by atoms with Crippen LogP contribution in [0.25, 0.3) is 0 Å². The number of nitrogens with one attached hydrogen (secondary N) is 1. The zero-order chi connectivity index (χ0) is 12.3. The summed E-state index contributed by atoms with van der Waals surface area (Å²) in [7, 11) is 0. The van der Waals surface area contributed by atoms with Gasteiger partial charge < -0.3 is 10.1 Å². The minimum absolute atomic E-state index is 0.498. The van der Waals surface area contributed by atoms with Crippen LogP contribution in [0.5, 0.6) is 5.75 Å². The van der Waals surface area contributed by atoms with E-state index in [1.807, 2.05) is 6.07 Å². The van der Waals surface area contributed by atoms with Crippen molar-refractivity contribution in [2.24, 2.45) is 5.92 Å². The molecule has 1 aliphatic heterocycles. The SMILES string of the molecule is CCCNC(C(C)C)C1COc2ccccc21. The third-order valence-corrected chi connectivity index (χ3v) is 3.52. The molecule has 1 heterocycles. The van der Waals surface area contributed by atoms with Crippen LogP contribution in [0, 0.1) is 5.92 Å². The Kier molecular flexibility index (Phi) is 4.06. The summed E-state index contributed by atoms with van der Waals surface area (Å²) >= 11 is 0. The Morgan fingerprint density at radius 1 is 1.35 bits per heavy atom. The maximum Gasteiger partial charge on any atom is 0.122 e. The molecule has 0 radical (unpaired) electrons. The first-order valence-electron chi connectivity index (χ1n) is 6.69. The van der Waals surface area contributed by atoms with Crippen molar-refractivity contribution in [3.05, 3.63) is 29.8 Å². The predicted octanol–water partition coefficient (Wildman–Crippen LogP) is 3.19. The van der Waals surface area contributed by atoms with Crippen LogP contribution in [0.2, 0.25) is 0 Å². The van der Waals surface area contributed by atoms with Gasteiger partial charge in [-0.15, -0.1) is 0 Å². The number of rotatable bonds is 5. The normalized spacial score (nSPS) is 20.1. The van der Waals surface area contributed by atoms with Crippen LogP contribution in [0.15, 0.2) is 24.3 Å². The predicted molar refractivity (Wildman–Crippen MR) is 71.6 cm³/mol. The summed E-state index contributed by atoms with van der Waals surface area (Å²) in [5.41, 5.74) is 1.37. The van der Waals surface area contributed by atoms with Gasteiger partial charge in [0.05, 0.1) is 6.61 Å². The van der Waals surface area contributed by atoms with E-state index >= 15 is 0 Å². The lowest BCUT2D eigenvalue weighted by atomic mass is 9.86. The Morgan fingerprint density at radius 2 is 2.12 bits per heavy atom. The first-order valence-corrected chi connectivity index (χ1v) is 6.69. The lowest BCUT2D eigenvalue weighted by molar-refractivity contribution is 0.268. The third kappa shape index (κ3) is 2.63. The second-order valence-corrected chi connectivity index (χ2v) is 5.18. The first kappa shape index (κ1) is 12.4. The summed E-state index contributed by atoms with van der Waals surface area (Å²) in [5.74, 6) is 2.19. The highest BCUT2D eigenvalue weighted by atomic mass is 16.5. The molecule has 1 N–H and O–H groups in total. The molecular formula is C15H23NO. The van der Waals surface area contributed by atoms with Crippen molar-refractivity contribution < 1.29 is 4.74 Å². The van der Waals surface area contributed by atoms with Gasteiger partial charge in [-0.05, 0) is 24.9 Å². The Balaban J connectivity index is 2.15. The van der Waals surface area contributed by atoms with Gasteiger partial charge in [0.2, 0.25) is 0 Å². The van der Waals surface area contributed by atoms with E-state index in [9.17, 15) is 0 Å². The summed E-state index contributed by atoms with van der Waals surface area (Å²) in [5, 5.41) is 3.67. The molecule has 1 aliphatic rings. The monoisotopic (exact) mass is 233 g/mol. The standard InChI is InChI=1S/C15H23NO/c1-4-9-16-15(11(2)3)13-10-17-14-8-6-5-7-12(13)14/h5-8,11,13,15-16H,4,9-10H2,1-3H3. The molecule has 2 nitrogen and oxygen atoms in total. The number of hydrogen-bond acceptors (Lipinski definition) is 2. The van der Waals surface area contributed by atoms with Crippen molar-refractivity contribution in [2.45, 2.75) is 39.2 Å². The Morgan fingerprint density at radius 3 is 2.82 bits per heavy atom. The van der Waals surface area contributed by atoms with Crippen molar-refractivity contribution in [1.82, 2.24) is 5.32 Å². The molecule has 0 saturated heterocycles. The van der Waals surface area contributed by atoms with Gasteiger partial charge in [0, 0.05) is 17.5 Å². The van der Waals surface area contributed by atoms with Crippen molar-refractivity contribution in [1.29, 1.82) is 0 Å². The van der Waals surface area contributed by atoms with E-state index in [0.29, 0.717) is 17.9 Å². The highest BCUT2D eigenvalue weighted by molar-refractivity contribution is 5.40. The smallest absolute Gasteiger partial charge is 0.122 e. The molecule has 1 aromatic rings. The van der Waals surface area contributed by atoms with Crippen molar-refractivity contribution in [3.63, 3.8) is 0 Å². The van der Waals surface area contributed by atoms with E-state index in [-0.39, 0.29) is 0 Å². The average Bonchev–Trinajstić information content (AvgIpc) is 2.73. The fraction of sp³-hybridized carbons (Fsp3) is 0.600. The summed E-state index contributed by atoms with van der Waals surface area (Å²) < 4.78 is 5.78. The highest BCUT2D eigenvalue weighted by Crippen LogP contribution is 2.37. The van der Waals surface area contributed by atoms with E-state index in [4.69, 9.17) is 4.74 Å². The van der Waals surface area contributed by atoms with E-state index < -0.39 is 0 Å². The molecule has 0 aromatic heterocycles. The molecule has 94 valence electrons. The molecule has 0 spiro atoms. The minimum atomic E-state index is 0.498. The fourth-order valence-electron chi connectivity index (χ4n) is 2.64. The second-order valence-electron chi connectivity index (χ2n) is 5.18. The topological polar surface area (TPSA) is 21.3 Å². The van der Waals surface area contributed by atoms with E-state index in [1.54, 1.807) is 0 Å². The van der Waals surface area contributed by atoms with Gasteiger partial charge in [0.15, 0.2) is 0 Å². The molecule has 17 heavy (non-hydrogen) atoms.